The Morgan fingerprint density at radius 1 is 1.18 bits per heavy atom. The van der Waals surface area contributed by atoms with E-state index in [1.54, 1.807) is 17.9 Å². The van der Waals surface area contributed by atoms with Crippen molar-refractivity contribution in [2.24, 2.45) is 0 Å². The van der Waals surface area contributed by atoms with Crippen LogP contribution in [0.1, 0.15) is 23.0 Å². The van der Waals surface area contributed by atoms with Crippen LogP contribution in [0, 0.1) is 5.82 Å². The third kappa shape index (κ3) is 5.11. The van der Waals surface area contributed by atoms with Gasteiger partial charge in [0.15, 0.2) is 11.5 Å². The first kappa shape index (κ1) is 23.5. The molecule has 2 atom stereocenters. The van der Waals surface area contributed by atoms with Gasteiger partial charge >= 0.3 is 6.18 Å². The molecule has 1 amide bonds. The van der Waals surface area contributed by atoms with Crippen molar-refractivity contribution in [1.82, 2.24) is 24.8 Å². The van der Waals surface area contributed by atoms with E-state index in [2.05, 4.69) is 25.3 Å². The third-order valence-corrected chi connectivity index (χ3v) is 5.37. The Hall–Kier alpha value is -3.67. The number of amides is 1. The molecule has 0 bridgehead atoms. The average Bonchev–Trinajstić information content (AvgIpc) is 2.83. The van der Waals surface area contributed by atoms with Gasteiger partial charge in [-0.25, -0.2) is 24.3 Å². The van der Waals surface area contributed by atoms with Crippen LogP contribution < -0.4 is 5.32 Å². The number of anilines is 1. The summed E-state index contributed by atoms with van der Waals surface area (Å²) in [4.78, 5) is 30.5. The molecule has 4 rings (SSSR count). The zero-order valence-corrected chi connectivity index (χ0v) is 18.0. The van der Waals surface area contributed by atoms with Gasteiger partial charge < -0.3 is 15.0 Å². The Morgan fingerprint density at radius 2 is 1.94 bits per heavy atom. The molecule has 1 aliphatic rings. The molecule has 1 saturated heterocycles. The molecule has 8 nitrogen and oxygen atoms in total. The van der Waals surface area contributed by atoms with Crippen LogP contribution >= 0.6 is 0 Å². The molecule has 2 unspecified atom stereocenters. The van der Waals surface area contributed by atoms with E-state index in [1.807, 2.05) is 0 Å². The first-order valence-electron chi connectivity index (χ1n) is 10.4. The lowest BCUT2D eigenvalue weighted by atomic mass is 10.0. The summed E-state index contributed by atoms with van der Waals surface area (Å²) in [5.41, 5.74) is -0.628. The molecule has 1 aliphatic heterocycles. The van der Waals surface area contributed by atoms with Crippen LogP contribution in [0.3, 0.4) is 0 Å². The molecule has 178 valence electrons. The van der Waals surface area contributed by atoms with Gasteiger partial charge in [-0.3, -0.25) is 4.79 Å². The molecule has 12 heteroatoms. The second kappa shape index (κ2) is 9.67. The summed E-state index contributed by atoms with van der Waals surface area (Å²) in [6, 6.07) is 4.93. The van der Waals surface area contributed by atoms with E-state index in [0.717, 1.165) is 12.3 Å². The summed E-state index contributed by atoms with van der Waals surface area (Å²) in [6.07, 6.45) is -0.349. The normalized spacial score (nSPS) is 18.6. The SMILES string of the molecule is CC1OCCN(C(=O)c2cc(F)ccc2-c2ncccn2)C1CNc1cnc(C(F)(F)F)cn1. The highest BCUT2D eigenvalue weighted by Crippen LogP contribution is 2.28. The van der Waals surface area contributed by atoms with Gasteiger partial charge in [0.25, 0.3) is 5.91 Å². The maximum absolute atomic E-state index is 14.1. The monoisotopic (exact) mass is 476 g/mol. The van der Waals surface area contributed by atoms with Crippen LogP contribution in [-0.4, -0.2) is 62.6 Å². The lowest BCUT2D eigenvalue weighted by molar-refractivity contribution is -0.141. The topological polar surface area (TPSA) is 93.1 Å². The Morgan fingerprint density at radius 3 is 2.62 bits per heavy atom. The van der Waals surface area contributed by atoms with Gasteiger partial charge in [-0.2, -0.15) is 13.2 Å². The number of ether oxygens (including phenoxy) is 1. The highest BCUT2D eigenvalue weighted by Gasteiger charge is 2.35. The molecule has 0 radical (unpaired) electrons. The minimum atomic E-state index is -4.59. The molecule has 0 saturated carbocycles. The number of hydrogen-bond donors (Lipinski definition) is 1. The maximum Gasteiger partial charge on any atom is 0.434 e. The maximum atomic E-state index is 14.1. The van der Waals surface area contributed by atoms with Crippen molar-refractivity contribution in [3.8, 4) is 11.4 Å². The first-order valence-corrected chi connectivity index (χ1v) is 10.4. The van der Waals surface area contributed by atoms with Crippen molar-refractivity contribution in [2.45, 2.75) is 25.2 Å². The van der Waals surface area contributed by atoms with Crippen molar-refractivity contribution < 1.29 is 27.1 Å². The zero-order valence-electron chi connectivity index (χ0n) is 18.0. The number of benzene rings is 1. The van der Waals surface area contributed by atoms with Crippen LogP contribution in [0.4, 0.5) is 23.4 Å². The molecule has 3 aromatic rings. The van der Waals surface area contributed by atoms with Crippen LogP contribution in [0.5, 0.6) is 0 Å². The van der Waals surface area contributed by atoms with Crippen molar-refractivity contribution in [2.75, 3.05) is 25.0 Å². The van der Waals surface area contributed by atoms with Crippen molar-refractivity contribution in [3.05, 3.63) is 66.1 Å². The van der Waals surface area contributed by atoms with E-state index in [0.29, 0.717) is 11.8 Å². The predicted molar refractivity (Wildman–Crippen MR) is 113 cm³/mol. The minimum Gasteiger partial charge on any atom is -0.374 e. The van der Waals surface area contributed by atoms with Crippen molar-refractivity contribution >= 4 is 11.7 Å². The first-order chi connectivity index (χ1) is 16.2. The number of morpholine rings is 1. The third-order valence-electron chi connectivity index (χ3n) is 5.37. The van der Waals surface area contributed by atoms with Gasteiger partial charge in [-0.05, 0) is 31.2 Å². The average molecular weight is 476 g/mol. The predicted octanol–water partition coefficient (Wildman–Crippen LogP) is 3.43. The van der Waals surface area contributed by atoms with Crippen LogP contribution in [0.25, 0.3) is 11.4 Å². The van der Waals surface area contributed by atoms with Gasteiger partial charge in [-0.1, -0.05) is 0 Å². The minimum absolute atomic E-state index is 0.0969. The second-order valence-electron chi connectivity index (χ2n) is 7.57. The second-order valence-corrected chi connectivity index (χ2v) is 7.57. The Labute approximate surface area is 192 Å². The number of aromatic nitrogens is 4. The van der Waals surface area contributed by atoms with Gasteiger partial charge in [0, 0.05) is 31.0 Å². The highest BCUT2D eigenvalue weighted by atomic mass is 19.4. The molecule has 34 heavy (non-hydrogen) atoms. The number of carbonyl (C=O) groups is 1. The summed E-state index contributed by atoms with van der Waals surface area (Å²) in [7, 11) is 0. The summed E-state index contributed by atoms with van der Waals surface area (Å²) < 4.78 is 57.9. The Kier molecular flexibility index (Phi) is 6.68. The summed E-state index contributed by atoms with van der Waals surface area (Å²) in [6.45, 7) is 2.41. The van der Waals surface area contributed by atoms with E-state index in [4.69, 9.17) is 4.74 Å². The van der Waals surface area contributed by atoms with Gasteiger partial charge in [0.05, 0.1) is 36.7 Å². The van der Waals surface area contributed by atoms with Crippen molar-refractivity contribution in [1.29, 1.82) is 0 Å². The summed E-state index contributed by atoms with van der Waals surface area (Å²) >= 11 is 0. The summed E-state index contributed by atoms with van der Waals surface area (Å²) in [5, 5.41) is 2.90. The molecular weight excluding hydrogens is 456 g/mol. The fourth-order valence-electron chi connectivity index (χ4n) is 3.65. The fraction of sp³-hybridized carbons (Fsp3) is 0.318. The number of nitrogens with zero attached hydrogens (tertiary/aromatic N) is 5. The molecular formula is C22H20F4N6O2. The van der Waals surface area contributed by atoms with Gasteiger partial charge in [0.2, 0.25) is 0 Å². The largest absolute Gasteiger partial charge is 0.434 e. The molecule has 0 spiro atoms. The molecule has 1 fully saturated rings. The lowest BCUT2D eigenvalue weighted by Crippen LogP contribution is -2.55. The number of halogens is 4. The summed E-state index contributed by atoms with van der Waals surface area (Å²) in [5.74, 6) is -0.634. The quantitative estimate of drug-likeness (QED) is 0.564. The Bertz CT molecular complexity index is 1140. The van der Waals surface area contributed by atoms with E-state index < -0.39 is 35.7 Å². The zero-order chi connectivity index (χ0) is 24.3. The highest BCUT2D eigenvalue weighted by molar-refractivity contribution is 6.00. The molecule has 3 heterocycles. The van der Waals surface area contributed by atoms with Crippen LogP contribution in [0.2, 0.25) is 0 Å². The number of rotatable bonds is 5. The Balaban J connectivity index is 1.57. The van der Waals surface area contributed by atoms with E-state index in [1.165, 1.54) is 24.5 Å². The van der Waals surface area contributed by atoms with Gasteiger partial charge in [0.1, 0.15) is 11.6 Å². The fourth-order valence-corrected chi connectivity index (χ4v) is 3.65. The smallest absolute Gasteiger partial charge is 0.374 e. The van der Waals surface area contributed by atoms with Crippen molar-refractivity contribution in [3.63, 3.8) is 0 Å². The number of alkyl halides is 3. The van der Waals surface area contributed by atoms with E-state index >= 15 is 0 Å². The number of carbonyl (C=O) groups excluding carboxylic acids is 1. The standard InChI is InChI=1S/C22H20F4N6O2/c1-13-17(10-30-19-12-29-18(11-31-19)22(24,25)26)32(7-8-34-13)21(33)16-9-14(23)3-4-15(16)20-27-5-2-6-28-20/h2-6,9,11-13,17H,7-8,10H2,1H3,(H,30,31). The number of hydrogen-bond acceptors (Lipinski definition) is 7. The molecule has 1 N–H and O–H groups in total. The van der Waals surface area contributed by atoms with Crippen LogP contribution in [-0.2, 0) is 10.9 Å². The lowest BCUT2D eigenvalue weighted by Gasteiger charge is -2.40. The van der Waals surface area contributed by atoms with Gasteiger partial charge in [-0.15, -0.1) is 0 Å². The molecule has 1 aromatic carbocycles. The number of nitrogens with one attached hydrogen (secondary N) is 1. The van der Waals surface area contributed by atoms with Crippen LogP contribution in [0.15, 0.2) is 49.1 Å². The van der Waals surface area contributed by atoms with E-state index in [-0.39, 0.29) is 36.9 Å². The van der Waals surface area contributed by atoms with E-state index in [9.17, 15) is 22.4 Å². The molecule has 0 aliphatic carbocycles. The molecule has 2 aromatic heterocycles.